The molecule has 78 valence electrons. The Balaban J connectivity index is 2.30. The number of rotatable bonds is 6. The Kier molecular flexibility index (Phi) is 4.47. The average molecular weight is 193 g/mol. The summed E-state index contributed by atoms with van der Waals surface area (Å²) in [7, 11) is 2.00. The first-order chi connectivity index (χ1) is 6.72. The first kappa shape index (κ1) is 11.1. The second kappa shape index (κ2) is 5.66. The van der Waals surface area contributed by atoms with Crippen molar-refractivity contribution in [1.82, 2.24) is 5.32 Å². The standard InChI is InChI=1S/C12H19NO/c1-10(2)9-11(13-3)6-7-12-5-4-8-14-12/h4-5,8,11,13H,1,6-7,9H2,2-3H3. The third kappa shape index (κ3) is 3.79. The van der Waals surface area contributed by atoms with Gasteiger partial charge in [-0.3, -0.25) is 0 Å². The molecule has 0 aromatic carbocycles. The molecular formula is C12H19NO. The summed E-state index contributed by atoms with van der Waals surface area (Å²) in [6, 6.07) is 4.47. The molecule has 0 saturated heterocycles. The molecule has 0 aliphatic rings. The van der Waals surface area contributed by atoms with Crippen molar-refractivity contribution in [3.63, 3.8) is 0 Å². The lowest BCUT2D eigenvalue weighted by Crippen LogP contribution is -2.25. The van der Waals surface area contributed by atoms with E-state index in [-0.39, 0.29) is 0 Å². The maximum Gasteiger partial charge on any atom is 0.103 e. The summed E-state index contributed by atoms with van der Waals surface area (Å²) < 4.78 is 5.28. The lowest BCUT2D eigenvalue weighted by molar-refractivity contribution is 0.460. The van der Waals surface area contributed by atoms with Crippen LogP contribution in [0.2, 0.25) is 0 Å². The SMILES string of the molecule is C=C(C)CC(CCc1ccco1)NC. The first-order valence-electron chi connectivity index (χ1n) is 5.06. The maximum absolute atomic E-state index is 5.28. The molecular weight excluding hydrogens is 174 g/mol. The molecule has 0 aliphatic carbocycles. The third-order valence-corrected chi connectivity index (χ3v) is 2.32. The molecule has 1 aromatic heterocycles. The zero-order valence-corrected chi connectivity index (χ0v) is 9.05. The van der Waals surface area contributed by atoms with Crippen molar-refractivity contribution in [2.75, 3.05) is 7.05 Å². The van der Waals surface area contributed by atoms with E-state index < -0.39 is 0 Å². The molecule has 1 atom stereocenters. The number of hydrogen-bond acceptors (Lipinski definition) is 2. The van der Waals surface area contributed by atoms with Crippen molar-refractivity contribution in [1.29, 1.82) is 0 Å². The molecule has 0 fully saturated rings. The average Bonchev–Trinajstić information content (AvgIpc) is 2.64. The summed E-state index contributed by atoms with van der Waals surface area (Å²) >= 11 is 0. The van der Waals surface area contributed by atoms with Crippen LogP contribution in [-0.2, 0) is 6.42 Å². The topological polar surface area (TPSA) is 25.2 Å². The molecule has 1 unspecified atom stereocenters. The van der Waals surface area contributed by atoms with Crippen LogP contribution in [0.5, 0.6) is 0 Å². The molecule has 1 aromatic rings. The van der Waals surface area contributed by atoms with Gasteiger partial charge in [0.15, 0.2) is 0 Å². The summed E-state index contributed by atoms with van der Waals surface area (Å²) in [5.41, 5.74) is 1.23. The Bertz CT molecular complexity index is 264. The van der Waals surface area contributed by atoms with E-state index in [9.17, 15) is 0 Å². The predicted molar refractivity (Wildman–Crippen MR) is 59.3 cm³/mol. The van der Waals surface area contributed by atoms with E-state index in [4.69, 9.17) is 4.42 Å². The van der Waals surface area contributed by atoms with E-state index in [1.54, 1.807) is 6.26 Å². The Labute approximate surface area is 86.0 Å². The van der Waals surface area contributed by atoms with Gasteiger partial charge in [0, 0.05) is 12.5 Å². The summed E-state index contributed by atoms with van der Waals surface area (Å²) in [6.07, 6.45) is 4.85. The maximum atomic E-state index is 5.28. The highest BCUT2D eigenvalue weighted by Gasteiger charge is 2.07. The van der Waals surface area contributed by atoms with E-state index in [0.29, 0.717) is 6.04 Å². The molecule has 0 saturated carbocycles. The largest absolute Gasteiger partial charge is 0.469 e. The van der Waals surface area contributed by atoms with E-state index in [1.165, 1.54) is 5.57 Å². The summed E-state index contributed by atoms with van der Waals surface area (Å²) in [6.45, 7) is 5.99. The zero-order valence-electron chi connectivity index (χ0n) is 9.05. The Morgan fingerprint density at radius 3 is 2.93 bits per heavy atom. The van der Waals surface area contributed by atoms with Crippen molar-refractivity contribution in [2.45, 2.75) is 32.2 Å². The molecule has 2 heteroatoms. The zero-order chi connectivity index (χ0) is 10.4. The second-order valence-electron chi connectivity index (χ2n) is 3.76. The molecule has 1 N–H and O–H groups in total. The summed E-state index contributed by atoms with van der Waals surface area (Å²) in [5, 5.41) is 3.29. The summed E-state index contributed by atoms with van der Waals surface area (Å²) in [4.78, 5) is 0. The Hall–Kier alpha value is -1.02. The van der Waals surface area contributed by atoms with Crippen LogP contribution in [0.15, 0.2) is 35.0 Å². The van der Waals surface area contributed by atoms with Crippen LogP contribution in [0, 0.1) is 0 Å². The molecule has 0 amide bonds. The number of nitrogens with one attached hydrogen (secondary N) is 1. The van der Waals surface area contributed by atoms with Crippen molar-refractivity contribution in [3.8, 4) is 0 Å². The van der Waals surface area contributed by atoms with E-state index >= 15 is 0 Å². The van der Waals surface area contributed by atoms with Gasteiger partial charge in [0.2, 0.25) is 0 Å². The van der Waals surface area contributed by atoms with Gasteiger partial charge in [-0.2, -0.15) is 0 Å². The van der Waals surface area contributed by atoms with E-state index in [0.717, 1.165) is 25.0 Å². The monoisotopic (exact) mass is 193 g/mol. The van der Waals surface area contributed by atoms with Crippen LogP contribution >= 0.6 is 0 Å². The minimum absolute atomic E-state index is 0.512. The van der Waals surface area contributed by atoms with Crippen LogP contribution in [-0.4, -0.2) is 13.1 Å². The van der Waals surface area contributed by atoms with Crippen molar-refractivity contribution in [3.05, 3.63) is 36.3 Å². The molecule has 0 bridgehead atoms. The van der Waals surface area contributed by atoms with Crippen LogP contribution in [0.25, 0.3) is 0 Å². The predicted octanol–water partition coefficient (Wildman–Crippen LogP) is 2.77. The van der Waals surface area contributed by atoms with Gasteiger partial charge in [-0.15, -0.1) is 6.58 Å². The third-order valence-electron chi connectivity index (χ3n) is 2.32. The van der Waals surface area contributed by atoms with Crippen LogP contribution in [0.4, 0.5) is 0 Å². The number of hydrogen-bond donors (Lipinski definition) is 1. The van der Waals surface area contributed by atoms with Crippen molar-refractivity contribution < 1.29 is 4.42 Å². The van der Waals surface area contributed by atoms with Gasteiger partial charge in [-0.25, -0.2) is 0 Å². The molecule has 1 rings (SSSR count). The first-order valence-corrected chi connectivity index (χ1v) is 5.06. The highest BCUT2D eigenvalue weighted by molar-refractivity contribution is 5.00. The normalized spacial score (nSPS) is 12.7. The highest BCUT2D eigenvalue weighted by atomic mass is 16.3. The quantitative estimate of drug-likeness (QED) is 0.703. The molecule has 0 spiro atoms. The second-order valence-corrected chi connectivity index (χ2v) is 3.76. The molecule has 0 aliphatic heterocycles. The van der Waals surface area contributed by atoms with Gasteiger partial charge in [0.25, 0.3) is 0 Å². The van der Waals surface area contributed by atoms with Crippen molar-refractivity contribution >= 4 is 0 Å². The lowest BCUT2D eigenvalue weighted by atomic mass is 10.0. The minimum Gasteiger partial charge on any atom is -0.469 e. The molecule has 2 nitrogen and oxygen atoms in total. The van der Waals surface area contributed by atoms with Crippen LogP contribution in [0.3, 0.4) is 0 Å². The number of furan rings is 1. The van der Waals surface area contributed by atoms with Gasteiger partial charge < -0.3 is 9.73 Å². The van der Waals surface area contributed by atoms with Crippen LogP contribution < -0.4 is 5.32 Å². The Morgan fingerprint density at radius 2 is 2.43 bits per heavy atom. The number of aryl methyl sites for hydroxylation is 1. The molecule has 0 radical (unpaired) electrons. The van der Waals surface area contributed by atoms with E-state index in [2.05, 4.69) is 18.8 Å². The van der Waals surface area contributed by atoms with Gasteiger partial charge >= 0.3 is 0 Å². The molecule has 14 heavy (non-hydrogen) atoms. The smallest absolute Gasteiger partial charge is 0.103 e. The van der Waals surface area contributed by atoms with E-state index in [1.807, 2.05) is 19.2 Å². The fraction of sp³-hybridized carbons (Fsp3) is 0.500. The highest BCUT2D eigenvalue weighted by Crippen LogP contribution is 2.10. The summed E-state index contributed by atoms with van der Waals surface area (Å²) in [5.74, 6) is 1.06. The van der Waals surface area contributed by atoms with Gasteiger partial charge in [-0.05, 0) is 38.9 Å². The lowest BCUT2D eigenvalue weighted by Gasteiger charge is -2.14. The van der Waals surface area contributed by atoms with Crippen molar-refractivity contribution in [2.24, 2.45) is 0 Å². The van der Waals surface area contributed by atoms with Gasteiger partial charge in [0.05, 0.1) is 6.26 Å². The molecule has 1 heterocycles. The fourth-order valence-corrected chi connectivity index (χ4v) is 1.54. The van der Waals surface area contributed by atoms with Gasteiger partial charge in [-0.1, -0.05) is 5.57 Å². The minimum atomic E-state index is 0.512. The Morgan fingerprint density at radius 1 is 1.64 bits per heavy atom. The fourth-order valence-electron chi connectivity index (χ4n) is 1.54. The van der Waals surface area contributed by atoms with Crippen LogP contribution in [0.1, 0.15) is 25.5 Å². The van der Waals surface area contributed by atoms with Gasteiger partial charge in [0.1, 0.15) is 5.76 Å².